The highest BCUT2D eigenvalue weighted by Gasteiger charge is 2.45. The summed E-state index contributed by atoms with van der Waals surface area (Å²) < 4.78 is 41.1. The van der Waals surface area contributed by atoms with Crippen LogP contribution in [0.15, 0.2) is 77.5 Å². The molecule has 16 nitrogen and oxygen atoms in total. The minimum Gasteiger partial charge on any atom is -0.359 e. The quantitative estimate of drug-likeness (QED) is 0.148. The highest BCUT2D eigenvalue weighted by molar-refractivity contribution is 7.13. The normalized spacial score (nSPS) is 18.2. The number of carbonyl (C=O) groups excluding carboxylic acids is 4. The maximum Gasteiger partial charge on any atom is 0.453 e. The molecule has 9 rings (SSSR count). The number of Topliss-reactive ketones (excluding diaryl/α,β-unsaturated/α-hetero) is 1. The first kappa shape index (κ1) is 50.9. The number of pyridine rings is 1. The Morgan fingerprint density at radius 1 is 0.849 bits per heavy atom. The Balaban J connectivity index is 0.703. The molecule has 2 aromatic carbocycles. The van der Waals surface area contributed by atoms with Gasteiger partial charge >= 0.3 is 6.18 Å². The van der Waals surface area contributed by atoms with Crippen molar-refractivity contribution in [1.29, 1.82) is 0 Å². The van der Waals surface area contributed by atoms with Gasteiger partial charge in [0.15, 0.2) is 11.6 Å². The van der Waals surface area contributed by atoms with Crippen LogP contribution in [0.4, 0.5) is 19.0 Å². The summed E-state index contributed by atoms with van der Waals surface area (Å²) in [5.41, 5.74) is 6.88. The third-order valence-corrected chi connectivity index (χ3v) is 15.0. The van der Waals surface area contributed by atoms with Gasteiger partial charge in [0.1, 0.15) is 23.7 Å². The number of carbonyl (C=O) groups is 4. The molecule has 3 amide bonds. The van der Waals surface area contributed by atoms with Crippen LogP contribution >= 0.6 is 11.3 Å². The molecule has 0 aliphatic carbocycles. The standard InChI is InChI=1S/C53H59F3N12O4S/c1-34-47(73-33-59-34)40-14-9-37(10-15-40)31-58-49(71)42-29-41(69)32-67(42)50(72)48(52(2,3)4)60-46(70)21-22-64-25-27-66(28-26-64)43-16-11-36(30-57-43)6-5-35-7-12-38(13-8-35)39-19-23-65(24-20-39)45-18-17-44-61-62-51(53(54,55)56)68(44)63-45/h7-16,30,33,39,42,48H,17-29,31-32H2,1-4H3,(H,58,71)(H,60,70)/t42?,48-/m1/s1. The second-order valence-electron chi connectivity index (χ2n) is 20.2. The predicted molar refractivity (Wildman–Crippen MR) is 270 cm³/mol. The van der Waals surface area contributed by atoms with Gasteiger partial charge in [-0.2, -0.15) is 22.9 Å². The van der Waals surface area contributed by atoms with Gasteiger partial charge in [0.05, 0.1) is 22.6 Å². The van der Waals surface area contributed by atoms with Gasteiger partial charge in [-0.1, -0.05) is 69.0 Å². The van der Waals surface area contributed by atoms with Crippen LogP contribution in [0.2, 0.25) is 0 Å². The summed E-state index contributed by atoms with van der Waals surface area (Å²) in [6, 6.07) is 18.1. The zero-order valence-electron chi connectivity index (χ0n) is 41.4. The minimum absolute atomic E-state index is 0.0788. The van der Waals surface area contributed by atoms with Crippen LogP contribution in [-0.2, 0) is 38.3 Å². The lowest BCUT2D eigenvalue weighted by Gasteiger charge is -2.36. The third kappa shape index (κ3) is 12.1. The molecule has 73 heavy (non-hydrogen) atoms. The number of piperidine rings is 1. The maximum absolute atomic E-state index is 14.1. The Morgan fingerprint density at radius 3 is 2.22 bits per heavy atom. The number of alkyl halides is 3. The molecule has 5 aromatic rings. The van der Waals surface area contributed by atoms with Crippen molar-refractivity contribution in [2.24, 2.45) is 10.5 Å². The van der Waals surface area contributed by atoms with Gasteiger partial charge in [0, 0.05) is 95.4 Å². The van der Waals surface area contributed by atoms with Crippen LogP contribution in [0.5, 0.6) is 0 Å². The van der Waals surface area contributed by atoms with Crippen LogP contribution in [0.25, 0.3) is 10.4 Å². The van der Waals surface area contributed by atoms with Crippen molar-refractivity contribution < 1.29 is 32.3 Å². The Bertz CT molecular complexity index is 2900. The number of nitrogens with zero attached hydrogens (tertiary/aromatic N) is 10. The van der Waals surface area contributed by atoms with Crippen molar-refractivity contribution in [3.8, 4) is 22.3 Å². The average Bonchev–Trinajstić information content (AvgIpc) is 4.14. The first-order chi connectivity index (χ1) is 35.0. The number of halogens is 3. The van der Waals surface area contributed by atoms with Gasteiger partial charge in [0.25, 0.3) is 5.82 Å². The average molecular weight is 1020 g/mol. The molecule has 0 bridgehead atoms. The fourth-order valence-electron chi connectivity index (χ4n) is 9.79. The largest absolute Gasteiger partial charge is 0.453 e. The van der Waals surface area contributed by atoms with Crippen LogP contribution in [0.3, 0.4) is 0 Å². The van der Waals surface area contributed by atoms with E-state index < -0.39 is 41.3 Å². The maximum atomic E-state index is 14.1. The van der Waals surface area contributed by atoms with E-state index in [4.69, 9.17) is 4.98 Å². The van der Waals surface area contributed by atoms with Gasteiger partial charge in [-0.3, -0.25) is 24.1 Å². The van der Waals surface area contributed by atoms with Crippen molar-refractivity contribution in [1.82, 2.24) is 50.2 Å². The summed E-state index contributed by atoms with van der Waals surface area (Å²) in [6.45, 7) is 12.4. The van der Waals surface area contributed by atoms with E-state index in [0.717, 1.165) is 82.3 Å². The number of anilines is 1. The molecule has 0 spiro atoms. The number of aromatic nitrogens is 5. The predicted octanol–water partition coefficient (Wildman–Crippen LogP) is 6.04. The number of hydrogen-bond acceptors (Lipinski definition) is 13. The fraction of sp³-hybridized carbons (Fsp3) is 0.453. The summed E-state index contributed by atoms with van der Waals surface area (Å²) in [5, 5.41) is 17.2. The molecule has 0 radical (unpaired) electrons. The lowest BCUT2D eigenvalue weighted by atomic mass is 9.85. The van der Waals surface area contributed by atoms with Crippen molar-refractivity contribution in [3.63, 3.8) is 0 Å². The molecule has 382 valence electrons. The number of likely N-dealkylation sites (tertiary alicyclic amines) is 2. The summed E-state index contributed by atoms with van der Waals surface area (Å²) in [4.78, 5) is 71.7. The Kier molecular flexibility index (Phi) is 15.1. The Morgan fingerprint density at radius 2 is 1.56 bits per heavy atom. The smallest absolute Gasteiger partial charge is 0.359 e. The van der Waals surface area contributed by atoms with E-state index in [1.54, 1.807) is 17.5 Å². The summed E-state index contributed by atoms with van der Waals surface area (Å²) >= 11 is 1.57. The number of ketones is 1. The van der Waals surface area contributed by atoms with Crippen molar-refractivity contribution in [3.05, 3.63) is 112 Å². The molecular formula is C53H59F3N12O4S. The van der Waals surface area contributed by atoms with Crippen molar-refractivity contribution in [2.75, 3.05) is 57.3 Å². The molecule has 20 heteroatoms. The number of thiazole rings is 1. The molecule has 2 N–H and O–H groups in total. The zero-order valence-corrected chi connectivity index (χ0v) is 42.2. The van der Waals surface area contributed by atoms with E-state index in [-0.39, 0.29) is 43.4 Å². The van der Waals surface area contributed by atoms with E-state index in [9.17, 15) is 32.3 Å². The van der Waals surface area contributed by atoms with E-state index in [0.29, 0.717) is 44.2 Å². The number of hydrogen-bond donors (Lipinski definition) is 2. The number of benzene rings is 2. The summed E-state index contributed by atoms with van der Waals surface area (Å²) in [5.74, 6) is 6.08. The minimum atomic E-state index is -4.62. The third-order valence-electron chi connectivity index (χ3n) is 14.0. The van der Waals surface area contributed by atoms with Crippen molar-refractivity contribution >= 4 is 46.5 Å². The van der Waals surface area contributed by atoms with Gasteiger partial charge in [-0.15, -0.1) is 21.5 Å². The van der Waals surface area contributed by atoms with Gasteiger partial charge in [-0.25, -0.2) is 9.97 Å². The highest BCUT2D eigenvalue weighted by atomic mass is 32.1. The molecule has 2 atom stereocenters. The van der Waals surface area contributed by atoms with E-state index >= 15 is 0 Å². The number of amidine groups is 1. The molecule has 3 saturated heterocycles. The summed E-state index contributed by atoms with van der Waals surface area (Å²) in [7, 11) is 0. The van der Waals surface area contributed by atoms with Crippen LogP contribution in [0, 0.1) is 24.2 Å². The lowest BCUT2D eigenvalue weighted by molar-refractivity contribution is -0.147. The second-order valence-corrected chi connectivity index (χ2v) is 21.0. The molecular weight excluding hydrogens is 958 g/mol. The van der Waals surface area contributed by atoms with E-state index in [1.807, 2.05) is 81.7 Å². The zero-order chi connectivity index (χ0) is 51.4. The highest BCUT2D eigenvalue weighted by Crippen LogP contribution is 2.33. The fourth-order valence-corrected chi connectivity index (χ4v) is 10.6. The number of nitrogens with one attached hydrogen (secondary N) is 2. The molecule has 4 aliphatic heterocycles. The van der Waals surface area contributed by atoms with Crippen LogP contribution < -0.4 is 15.5 Å². The first-order valence-corrected chi connectivity index (χ1v) is 25.6. The SMILES string of the molecule is Cc1ncsc1-c1ccc(CNC(=O)C2CC(=O)CN2C(=O)[C@@H](NC(=O)CCN2CCN(c3ccc(C#Cc4ccc(C5CCN(C6=Nn7c(nnc7C(F)(F)F)CC6)CC5)cc4)cn3)CC2)C(C)(C)C)cc1. The Labute approximate surface area is 426 Å². The number of rotatable bonds is 11. The number of piperazine rings is 1. The van der Waals surface area contributed by atoms with Crippen LogP contribution in [-0.4, -0.2) is 133 Å². The molecule has 3 fully saturated rings. The topological polar surface area (TPSA) is 174 Å². The Hall–Kier alpha value is -6.98. The van der Waals surface area contributed by atoms with Gasteiger partial charge < -0.3 is 25.3 Å². The van der Waals surface area contributed by atoms with Crippen molar-refractivity contribution in [2.45, 2.75) is 96.9 Å². The van der Waals surface area contributed by atoms with E-state index in [2.05, 4.69) is 69.6 Å². The second kappa shape index (κ2) is 21.6. The molecule has 7 heterocycles. The molecule has 0 saturated carbocycles. The van der Waals surface area contributed by atoms with Gasteiger partial charge in [0.2, 0.25) is 17.7 Å². The molecule has 1 unspecified atom stereocenters. The molecule has 3 aromatic heterocycles. The molecule has 4 aliphatic rings. The van der Waals surface area contributed by atoms with E-state index in [1.165, 1.54) is 10.5 Å². The van der Waals surface area contributed by atoms with Crippen LogP contribution in [0.1, 0.15) is 98.4 Å². The number of aryl methyl sites for hydroxylation is 2. The number of amides is 3. The lowest BCUT2D eigenvalue weighted by Crippen LogP contribution is -2.58. The number of fused-ring (bicyclic) bond motifs is 1. The van der Waals surface area contributed by atoms with Gasteiger partial charge in [-0.05, 0) is 72.1 Å². The summed E-state index contributed by atoms with van der Waals surface area (Å²) in [6.07, 6.45) is -0.115. The monoisotopic (exact) mass is 1020 g/mol. The first-order valence-electron chi connectivity index (χ1n) is 24.7.